The molecule has 0 radical (unpaired) electrons. The summed E-state index contributed by atoms with van der Waals surface area (Å²) < 4.78 is 0. The number of aliphatic carboxylic acids is 1. The molecule has 0 aliphatic carbocycles. The van der Waals surface area contributed by atoms with E-state index < -0.39 is 12.0 Å². The molecule has 0 aromatic rings. The van der Waals surface area contributed by atoms with E-state index in [1.807, 2.05) is 6.26 Å². The Labute approximate surface area is 82.3 Å². The molecule has 0 heterocycles. The number of hydrogen-bond donors (Lipinski definition) is 1. The Kier molecular flexibility index (Phi) is 6.40. The maximum Gasteiger partial charge on any atom is 0.326 e. The van der Waals surface area contributed by atoms with Crippen LogP contribution in [0.1, 0.15) is 13.3 Å². The average molecular weight is 205 g/mol. The molecule has 0 saturated heterocycles. The SMILES string of the molecule is CCN(C=O)C(CCSC)C(=O)O. The van der Waals surface area contributed by atoms with E-state index in [4.69, 9.17) is 5.11 Å². The van der Waals surface area contributed by atoms with Gasteiger partial charge in [-0.15, -0.1) is 0 Å². The van der Waals surface area contributed by atoms with Crippen LogP contribution in [0, 0.1) is 0 Å². The summed E-state index contributed by atoms with van der Waals surface area (Å²) in [5.74, 6) is -0.176. The lowest BCUT2D eigenvalue weighted by atomic mass is 10.2. The van der Waals surface area contributed by atoms with Crippen molar-refractivity contribution in [2.75, 3.05) is 18.6 Å². The second-order valence-electron chi connectivity index (χ2n) is 2.57. The van der Waals surface area contributed by atoms with Crippen LogP contribution in [-0.4, -0.2) is 47.0 Å². The Bertz CT molecular complexity index is 175. The quantitative estimate of drug-likeness (QED) is 0.621. The topological polar surface area (TPSA) is 57.6 Å². The lowest BCUT2D eigenvalue weighted by molar-refractivity contribution is -0.146. The summed E-state index contributed by atoms with van der Waals surface area (Å²) in [5.41, 5.74) is 0. The lowest BCUT2D eigenvalue weighted by Crippen LogP contribution is -2.40. The third kappa shape index (κ3) is 4.17. The molecular formula is C8H15NO3S. The van der Waals surface area contributed by atoms with Crippen LogP contribution in [-0.2, 0) is 9.59 Å². The van der Waals surface area contributed by atoms with E-state index in [1.54, 1.807) is 18.7 Å². The summed E-state index contributed by atoms with van der Waals surface area (Å²) in [6, 6.07) is -0.671. The van der Waals surface area contributed by atoms with Crippen molar-refractivity contribution in [1.29, 1.82) is 0 Å². The fourth-order valence-electron chi connectivity index (χ4n) is 1.03. The van der Waals surface area contributed by atoms with E-state index in [2.05, 4.69) is 0 Å². The van der Waals surface area contributed by atoms with Crippen molar-refractivity contribution in [2.45, 2.75) is 19.4 Å². The van der Waals surface area contributed by atoms with Gasteiger partial charge in [-0.25, -0.2) is 4.79 Å². The Balaban J connectivity index is 4.20. The number of hydrogen-bond acceptors (Lipinski definition) is 3. The number of carboxylic acids is 1. The van der Waals surface area contributed by atoms with E-state index in [0.29, 0.717) is 19.4 Å². The molecule has 0 rings (SSSR count). The van der Waals surface area contributed by atoms with Crippen LogP contribution >= 0.6 is 11.8 Å². The molecule has 0 fully saturated rings. The highest BCUT2D eigenvalue weighted by molar-refractivity contribution is 7.98. The molecule has 0 aromatic heterocycles. The van der Waals surface area contributed by atoms with Gasteiger partial charge in [0, 0.05) is 6.54 Å². The number of carbonyl (C=O) groups excluding carboxylic acids is 1. The van der Waals surface area contributed by atoms with Gasteiger partial charge < -0.3 is 10.0 Å². The molecular weight excluding hydrogens is 190 g/mol. The molecule has 0 aliphatic heterocycles. The highest BCUT2D eigenvalue weighted by atomic mass is 32.2. The van der Waals surface area contributed by atoms with Crippen LogP contribution in [0.25, 0.3) is 0 Å². The van der Waals surface area contributed by atoms with Crippen LogP contribution < -0.4 is 0 Å². The predicted molar refractivity (Wildman–Crippen MR) is 52.9 cm³/mol. The number of likely N-dealkylation sites (N-methyl/N-ethyl adjacent to an activating group) is 1. The van der Waals surface area contributed by atoms with Crippen LogP contribution in [0.3, 0.4) is 0 Å². The summed E-state index contributed by atoms with van der Waals surface area (Å²) in [7, 11) is 0. The molecule has 0 aliphatic rings. The smallest absolute Gasteiger partial charge is 0.326 e. The minimum Gasteiger partial charge on any atom is -0.480 e. The van der Waals surface area contributed by atoms with E-state index in [0.717, 1.165) is 5.75 Å². The predicted octanol–water partition coefficient (Wildman–Crippen LogP) is 0.671. The zero-order chi connectivity index (χ0) is 10.3. The van der Waals surface area contributed by atoms with Gasteiger partial charge in [-0.2, -0.15) is 11.8 Å². The van der Waals surface area contributed by atoms with Crippen molar-refractivity contribution in [2.24, 2.45) is 0 Å². The molecule has 0 spiro atoms. The number of carboxylic acid groups (broad SMARTS) is 1. The average Bonchev–Trinajstić information content (AvgIpc) is 2.11. The van der Waals surface area contributed by atoms with Crippen molar-refractivity contribution < 1.29 is 14.7 Å². The normalized spacial score (nSPS) is 12.2. The van der Waals surface area contributed by atoms with Gasteiger partial charge in [0.1, 0.15) is 6.04 Å². The van der Waals surface area contributed by atoms with E-state index in [1.165, 1.54) is 4.90 Å². The van der Waals surface area contributed by atoms with Crippen molar-refractivity contribution in [1.82, 2.24) is 4.90 Å². The third-order valence-electron chi connectivity index (χ3n) is 1.78. The number of rotatable bonds is 7. The van der Waals surface area contributed by atoms with Gasteiger partial charge in [-0.05, 0) is 25.4 Å². The first-order valence-corrected chi connectivity index (χ1v) is 5.49. The Hall–Kier alpha value is -0.710. The van der Waals surface area contributed by atoms with Crippen molar-refractivity contribution in [3.05, 3.63) is 0 Å². The second-order valence-corrected chi connectivity index (χ2v) is 3.56. The van der Waals surface area contributed by atoms with Crippen molar-refractivity contribution in [3.8, 4) is 0 Å². The molecule has 76 valence electrons. The number of nitrogens with zero attached hydrogens (tertiary/aromatic N) is 1. The van der Waals surface area contributed by atoms with Gasteiger partial charge >= 0.3 is 5.97 Å². The molecule has 1 N–H and O–H groups in total. The first-order chi connectivity index (χ1) is 6.17. The van der Waals surface area contributed by atoms with Gasteiger partial charge in [-0.3, -0.25) is 4.79 Å². The summed E-state index contributed by atoms with van der Waals surface area (Å²) in [4.78, 5) is 22.6. The van der Waals surface area contributed by atoms with Gasteiger partial charge in [0.25, 0.3) is 0 Å². The standard InChI is InChI=1S/C8H15NO3S/c1-3-9(6-10)7(8(11)12)4-5-13-2/h6-7H,3-5H2,1-2H3,(H,11,12). The zero-order valence-electron chi connectivity index (χ0n) is 7.90. The number of thioether (sulfide) groups is 1. The van der Waals surface area contributed by atoms with Crippen molar-refractivity contribution >= 4 is 24.1 Å². The second kappa shape index (κ2) is 6.77. The molecule has 0 aromatic carbocycles. The van der Waals surface area contributed by atoms with Gasteiger partial charge in [0.2, 0.25) is 6.41 Å². The van der Waals surface area contributed by atoms with Gasteiger partial charge in [0.15, 0.2) is 0 Å². The lowest BCUT2D eigenvalue weighted by Gasteiger charge is -2.22. The van der Waals surface area contributed by atoms with E-state index in [-0.39, 0.29) is 0 Å². The fourth-order valence-corrected chi connectivity index (χ4v) is 1.49. The minimum absolute atomic E-state index is 0.439. The summed E-state index contributed by atoms with van der Waals surface area (Å²) in [6.45, 7) is 2.21. The maximum atomic E-state index is 10.8. The molecule has 5 heteroatoms. The van der Waals surface area contributed by atoms with E-state index >= 15 is 0 Å². The van der Waals surface area contributed by atoms with Gasteiger partial charge in [-0.1, -0.05) is 0 Å². The van der Waals surface area contributed by atoms with Crippen LogP contribution in [0.5, 0.6) is 0 Å². The summed E-state index contributed by atoms with van der Waals surface area (Å²) in [5, 5.41) is 8.82. The Morgan fingerprint density at radius 2 is 2.31 bits per heavy atom. The summed E-state index contributed by atoms with van der Waals surface area (Å²) in [6.07, 6.45) is 3.01. The zero-order valence-corrected chi connectivity index (χ0v) is 8.71. The van der Waals surface area contributed by atoms with E-state index in [9.17, 15) is 9.59 Å². The molecule has 13 heavy (non-hydrogen) atoms. The molecule has 1 unspecified atom stereocenters. The summed E-state index contributed by atoms with van der Waals surface area (Å²) >= 11 is 1.58. The molecule has 0 saturated carbocycles. The molecule has 0 bridgehead atoms. The highest BCUT2D eigenvalue weighted by Crippen LogP contribution is 2.06. The van der Waals surface area contributed by atoms with Crippen LogP contribution in [0.2, 0.25) is 0 Å². The Morgan fingerprint density at radius 1 is 1.69 bits per heavy atom. The first-order valence-electron chi connectivity index (χ1n) is 4.10. The maximum absolute atomic E-state index is 10.8. The minimum atomic E-state index is -0.928. The van der Waals surface area contributed by atoms with Crippen molar-refractivity contribution in [3.63, 3.8) is 0 Å². The van der Waals surface area contributed by atoms with Gasteiger partial charge in [0.05, 0.1) is 0 Å². The third-order valence-corrected chi connectivity index (χ3v) is 2.43. The van der Waals surface area contributed by atoms with Crippen LogP contribution in [0.4, 0.5) is 0 Å². The Morgan fingerprint density at radius 3 is 2.62 bits per heavy atom. The highest BCUT2D eigenvalue weighted by Gasteiger charge is 2.22. The molecule has 1 atom stereocenters. The first kappa shape index (κ1) is 12.3. The number of carbonyl (C=O) groups is 2. The largest absolute Gasteiger partial charge is 0.480 e. The fraction of sp³-hybridized carbons (Fsp3) is 0.750. The number of amides is 1. The molecule has 1 amide bonds. The van der Waals surface area contributed by atoms with Crippen LogP contribution in [0.15, 0.2) is 0 Å². The molecule has 4 nitrogen and oxygen atoms in total. The monoisotopic (exact) mass is 205 g/mol.